The average Bonchev–Trinajstić information content (AvgIpc) is 2.99. The predicted molar refractivity (Wildman–Crippen MR) is 78.0 cm³/mol. The topological polar surface area (TPSA) is 95.8 Å². The largest absolute Gasteiger partial charge is 0.478 e. The molecular weight excluding hydrogens is 294 g/mol. The minimum Gasteiger partial charge on any atom is -0.478 e. The summed E-state index contributed by atoms with van der Waals surface area (Å²) in [5, 5.41) is 21.0. The summed E-state index contributed by atoms with van der Waals surface area (Å²) >= 11 is 1.39. The van der Waals surface area contributed by atoms with Crippen molar-refractivity contribution in [1.82, 2.24) is 9.97 Å². The zero-order valence-corrected chi connectivity index (χ0v) is 12.4. The summed E-state index contributed by atoms with van der Waals surface area (Å²) in [4.78, 5) is 21.5. The number of anilines is 2. The second kappa shape index (κ2) is 6.61. The zero-order valence-electron chi connectivity index (χ0n) is 11.6. The van der Waals surface area contributed by atoms with Crippen molar-refractivity contribution in [3.63, 3.8) is 0 Å². The van der Waals surface area contributed by atoms with Crippen LogP contribution in [0.4, 0.5) is 10.9 Å². The molecular formula is C13H15N3O4S. The molecule has 0 saturated heterocycles. The summed E-state index contributed by atoms with van der Waals surface area (Å²) in [5.74, 6) is -0.655. The highest BCUT2D eigenvalue weighted by Crippen LogP contribution is 2.30. The molecule has 2 rings (SSSR count). The number of hydrogen-bond donors (Lipinski definition) is 2. The third-order valence-corrected chi connectivity index (χ3v) is 3.65. The number of aliphatic hydroxyl groups is 1. The van der Waals surface area contributed by atoms with Gasteiger partial charge >= 0.3 is 5.97 Å². The Hall–Kier alpha value is -2.03. The predicted octanol–water partition coefficient (Wildman–Crippen LogP) is 1.78. The van der Waals surface area contributed by atoms with Crippen molar-refractivity contribution in [3.05, 3.63) is 34.5 Å². The molecule has 0 saturated carbocycles. The minimum absolute atomic E-state index is 0.0988. The third-order valence-electron chi connectivity index (χ3n) is 2.86. The highest BCUT2D eigenvalue weighted by molar-refractivity contribution is 7.13. The number of thiazole rings is 1. The van der Waals surface area contributed by atoms with Gasteiger partial charge in [-0.1, -0.05) is 0 Å². The van der Waals surface area contributed by atoms with Crippen LogP contribution in [0.1, 0.15) is 21.6 Å². The molecule has 0 radical (unpaired) electrons. The van der Waals surface area contributed by atoms with E-state index in [2.05, 4.69) is 9.97 Å². The van der Waals surface area contributed by atoms with Crippen molar-refractivity contribution in [2.45, 2.75) is 13.5 Å². The van der Waals surface area contributed by atoms with Crippen LogP contribution in [0.25, 0.3) is 0 Å². The van der Waals surface area contributed by atoms with E-state index in [0.29, 0.717) is 16.5 Å². The Balaban J connectivity index is 2.58. The van der Waals surface area contributed by atoms with Crippen LogP contribution in [-0.4, -0.2) is 40.0 Å². The first-order valence-electron chi connectivity index (χ1n) is 6.09. The van der Waals surface area contributed by atoms with Crippen LogP contribution >= 0.6 is 11.3 Å². The van der Waals surface area contributed by atoms with E-state index in [1.165, 1.54) is 24.5 Å². The number of ether oxygens (including phenoxy) is 1. The number of aliphatic hydroxyl groups excluding tert-OH is 1. The number of carbonyl (C=O) groups is 1. The van der Waals surface area contributed by atoms with Gasteiger partial charge in [-0.05, 0) is 13.0 Å². The Morgan fingerprint density at radius 1 is 1.52 bits per heavy atom. The van der Waals surface area contributed by atoms with E-state index < -0.39 is 5.97 Å². The van der Waals surface area contributed by atoms with Gasteiger partial charge in [-0.3, -0.25) is 4.90 Å². The average molecular weight is 309 g/mol. The maximum atomic E-state index is 11.3. The fourth-order valence-corrected chi connectivity index (χ4v) is 2.53. The Labute approximate surface area is 125 Å². The molecule has 0 aliphatic rings. The van der Waals surface area contributed by atoms with Gasteiger partial charge in [-0.25, -0.2) is 14.8 Å². The zero-order chi connectivity index (χ0) is 15.4. The van der Waals surface area contributed by atoms with Gasteiger partial charge < -0.3 is 14.9 Å². The Morgan fingerprint density at radius 2 is 2.29 bits per heavy atom. The number of rotatable bonds is 6. The summed E-state index contributed by atoms with van der Waals surface area (Å²) in [6, 6.07) is 1.37. The molecule has 7 nitrogen and oxygen atoms in total. The Morgan fingerprint density at radius 3 is 2.81 bits per heavy atom. The molecule has 0 aromatic carbocycles. The molecule has 0 fully saturated rings. The molecule has 0 amide bonds. The first-order chi connectivity index (χ1) is 10.1. The second-order valence-electron chi connectivity index (χ2n) is 4.23. The van der Waals surface area contributed by atoms with Crippen LogP contribution in [0.3, 0.4) is 0 Å². The Bertz CT molecular complexity index is 631. The molecule has 0 aliphatic carbocycles. The monoisotopic (exact) mass is 309 g/mol. The van der Waals surface area contributed by atoms with Crippen LogP contribution in [0.2, 0.25) is 0 Å². The molecule has 2 aromatic rings. The van der Waals surface area contributed by atoms with Crippen LogP contribution < -0.4 is 4.90 Å². The first-order valence-corrected chi connectivity index (χ1v) is 6.97. The van der Waals surface area contributed by atoms with E-state index in [-0.39, 0.29) is 24.6 Å². The lowest BCUT2D eigenvalue weighted by Crippen LogP contribution is -2.23. The van der Waals surface area contributed by atoms with Crippen molar-refractivity contribution in [2.75, 3.05) is 18.7 Å². The maximum Gasteiger partial charge on any atom is 0.336 e. The van der Waals surface area contributed by atoms with Crippen LogP contribution in [0.15, 0.2) is 17.6 Å². The number of hydrogen-bond acceptors (Lipinski definition) is 7. The normalized spacial score (nSPS) is 10.6. The molecule has 8 heteroatoms. The van der Waals surface area contributed by atoms with Gasteiger partial charge in [0.15, 0.2) is 5.13 Å². The van der Waals surface area contributed by atoms with Gasteiger partial charge in [0.1, 0.15) is 12.5 Å². The van der Waals surface area contributed by atoms with Gasteiger partial charge in [-0.15, -0.1) is 11.3 Å². The summed E-state index contributed by atoms with van der Waals surface area (Å²) in [6.07, 6.45) is 1.64. The number of methoxy groups -OCH3 is 1. The molecule has 0 atom stereocenters. The van der Waals surface area contributed by atoms with Crippen LogP contribution in [-0.2, 0) is 11.3 Å². The highest BCUT2D eigenvalue weighted by Gasteiger charge is 2.21. The quantitative estimate of drug-likeness (QED) is 0.785. The molecule has 0 spiro atoms. The standard InChI is InChI=1S/C13H15N3O4S/c1-8-10(12(18)19)5-9(6-17)15-11(8)16(7-20-2)13-14-3-4-21-13/h3-5,17H,6-7H2,1-2H3,(H,18,19). The minimum atomic E-state index is -1.07. The van der Waals surface area contributed by atoms with Crippen LogP contribution in [0, 0.1) is 6.92 Å². The number of pyridine rings is 1. The van der Waals surface area contributed by atoms with Crippen molar-refractivity contribution in [3.8, 4) is 0 Å². The van der Waals surface area contributed by atoms with Crippen molar-refractivity contribution >= 4 is 28.3 Å². The molecule has 0 aliphatic heterocycles. The summed E-state index contributed by atoms with van der Waals surface area (Å²) in [5.41, 5.74) is 0.874. The molecule has 0 bridgehead atoms. The van der Waals surface area contributed by atoms with E-state index in [0.717, 1.165) is 0 Å². The molecule has 2 heterocycles. The third kappa shape index (κ3) is 3.18. The summed E-state index contributed by atoms with van der Waals surface area (Å²) in [7, 11) is 1.53. The van der Waals surface area contributed by atoms with Gasteiger partial charge in [0, 0.05) is 24.3 Å². The van der Waals surface area contributed by atoms with Crippen molar-refractivity contribution in [2.24, 2.45) is 0 Å². The number of aromatic nitrogens is 2. The van der Waals surface area contributed by atoms with Crippen molar-refractivity contribution < 1.29 is 19.7 Å². The van der Waals surface area contributed by atoms with E-state index in [4.69, 9.17) is 4.74 Å². The molecule has 0 unspecified atom stereocenters. The van der Waals surface area contributed by atoms with Gasteiger partial charge in [0.05, 0.1) is 17.9 Å². The number of carboxylic acid groups (broad SMARTS) is 1. The maximum absolute atomic E-state index is 11.3. The Kier molecular flexibility index (Phi) is 4.84. The number of carboxylic acids is 1. The number of nitrogens with zero attached hydrogens (tertiary/aromatic N) is 3. The van der Waals surface area contributed by atoms with E-state index in [1.54, 1.807) is 23.4 Å². The van der Waals surface area contributed by atoms with Crippen LogP contribution in [0.5, 0.6) is 0 Å². The van der Waals surface area contributed by atoms with E-state index >= 15 is 0 Å². The molecule has 2 N–H and O–H groups in total. The SMILES string of the molecule is COCN(c1nccs1)c1nc(CO)cc(C(=O)O)c1C. The molecule has 2 aromatic heterocycles. The van der Waals surface area contributed by atoms with Gasteiger partial charge in [0.25, 0.3) is 0 Å². The van der Waals surface area contributed by atoms with E-state index in [1.807, 2.05) is 0 Å². The summed E-state index contributed by atoms with van der Waals surface area (Å²) < 4.78 is 5.15. The second-order valence-corrected chi connectivity index (χ2v) is 5.11. The number of aromatic carboxylic acids is 1. The fraction of sp³-hybridized carbons (Fsp3) is 0.308. The first kappa shape index (κ1) is 15.4. The lowest BCUT2D eigenvalue weighted by Gasteiger charge is -2.23. The fourth-order valence-electron chi connectivity index (χ4n) is 1.90. The molecule has 21 heavy (non-hydrogen) atoms. The van der Waals surface area contributed by atoms with Gasteiger partial charge in [0.2, 0.25) is 0 Å². The summed E-state index contributed by atoms with van der Waals surface area (Å²) in [6.45, 7) is 1.50. The lowest BCUT2D eigenvalue weighted by molar-refractivity contribution is 0.0695. The van der Waals surface area contributed by atoms with Crippen molar-refractivity contribution in [1.29, 1.82) is 0 Å². The highest BCUT2D eigenvalue weighted by atomic mass is 32.1. The van der Waals surface area contributed by atoms with E-state index in [9.17, 15) is 15.0 Å². The molecule has 112 valence electrons. The lowest BCUT2D eigenvalue weighted by atomic mass is 10.1. The smallest absolute Gasteiger partial charge is 0.336 e. The van der Waals surface area contributed by atoms with Gasteiger partial charge in [-0.2, -0.15) is 0 Å².